The Morgan fingerprint density at radius 2 is 1.76 bits per heavy atom. The molecule has 0 unspecified atom stereocenters. The fraction of sp³-hybridized carbons (Fsp3) is 0.594. The van der Waals surface area contributed by atoms with Crippen LogP contribution in [0, 0.1) is 5.41 Å². The van der Waals surface area contributed by atoms with Crippen LogP contribution < -0.4 is 16.4 Å². The number of nitrogens with two attached hydrogens (primary N) is 1. The van der Waals surface area contributed by atoms with E-state index in [0.29, 0.717) is 37.3 Å². The van der Waals surface area contributed by atoms with Gasteiger partial charge in [-0.05, 0) is 81.6 Å². The van der Waals surface area contributed by atoms with Gasteiger partial charge in [-0.25, -0.2) is 0 Å². The molecule has 9 nitrogen and oxygen atoms in total. The SMILES string of the molecule is CC1(C)CC(=O)c2c3c(n(-c4ccc(C(N)=O)c(NC5CCC(NC(=O)CCN6CCCC6)CC5)c4)c2C1)COC3. The number of benzene rings is 1. The first-order valence-electron chi connectivity index (χ1n) is 15.3. The first-order chi connectivity index (χ1) is 19.7. The molecule has 6 rings (SSSR count). The predicted molar refractivity (Wildman–Crippen MR) is 157 cm³/mol. The maximum absolute atomic E-state index is 13.2. The van der Waals surface area contributed by atoms with Gasteiger partial charge in [0.25, 0.3) is 5.91 Å². The van der Waals surface area contributed by atoms with Crippen molar-refractivity contribution < 1.29 is 19.1 Å². The minimum absolute atomic E-state index is 0.120. The zero-order valence-electron chi connectivity index (χ0n) is 24.4. The summed E-state index contributed by atoms with van der Waals surface area (Å²) in [4.78, 5) is 40.5. The zero-order chi connectivity index (χ0) is 28.7. The van der Waals surface area contributed by atoms with Crippen molar-refractivity contribution >= 4 is 23.3 Å². The highest BCUT2D eigenvalue weighted by atomic mass is 16.5. The smallest absolute Gasteiger partial charge is 0.250 e. The minimum atomic E-state index is -0.475. The number of carbonyl (C=O) groups is 3. The maximum atomic E-state index is 13.2. The molecule has 2 fully saturated rings. The molecule has 1 saturated heterocycles. The molecule has 4 N–H and O–H groups in total. The molecule has 2 amide bonds. The molecule has 0 spiro atoms. The van der Waals surface area contributed by atoms with E-state index in [9.17, 15) is 14.4 Å². The van der Waals surface area contributed by atoms with E-state index < -0.39 is 5.91 Å². The number of aromatic nitrogens is 1. The number of anilines is 1. The second-order valence-corrected chi connectivity index (χ2v) is 13.2. The molecule has 1 aromatic carbocycles. The van der Waals surface area contributed by atoms with Crippen molar-refractivity contribution in [3.05, 3.63) is 46.3 Å². The van der Waals surface area contributed by atoms with E-state index >= 15 is 0 Å². The molecule has 2 aliphatic heterocycles. The lowest BCUT2D eigenvalue weighted by molar-refractivity contribution is -0.122. The van der Waals surface area contributed by atoms with Crippen molar-refractivity contribution in [3.8, 4) is 5.69 Å². The number of amides is 2. The molecular formula is C32H43N5O4. The second kappa shape index (κ2) is 11.2. The molecule has 220 valence electrons. The molecule has 1 saturated carbocycles. The van der Waals surface area contributed by atoms with Gasteiger partial charge in [-0.15, -0.1) is 0 Å². The summed E-state index contributed by atoms with van der Waals surface area (Å²) in [5.74, 6) is -0.147. The van der Waals surface area contributed by atoms with E-state index in [1.165, 1.54) is 12.8 Å². The van der Waals surface area contributed by atoms with E-state index in [2.05, 4.69) is 33.9 Å². The standard InChI is InChI=1S/C32H43N5O4/c1-32(2)16-26-30(28(38)17-32)24-18-41-19-27(24)37(26)22-9-10-23(31(33)40)25(15-22)34-20-5-7-21(8-6-20)35-29(39)11-14-36-12-3-4-13-36/h9-10,15,20-21,34H,3-8,11-14,16-19H2,1-2H3,(H2,33,40)(H,35,39). The molecule has 4 aliphatic rings. The van der Waals surface area contributed by atoms with E-state index in [1.807, 2.05) is 12.1 Å². The fourth-order valence-corrected chi connectivity index (χ4v) is 7.31. The Labute approximate surface area is 242 Å². The molecule has 41 heavy (non-hydrogen) atoms. The highest BCUT2D eigenvalue weighted by Gasteiger charge is 2.39. The Balaban J connectivity index is 1.17. The van der Waals surface area contributed by atoms with Gasteiger partial charge in [0.15, 0.2) is 5.78 Å². The number of ketones is 1. The molecule has 2 aromatic rings. The van der Waals surface area contributed by atoms with Crippen molar-refractivity contribution in [1.82, 2.24) is 14.8 Å². The molecule has 0 radical (unpaired) electrons. The van der Waals surface area contributed by atoms with Crippen LogP contribution in [0.1, 0.15) is 103 Å². The molecular weight excluding hydrogens is 518 g/mol. The quantitative estimate of drug-likeness (QED) is 0.447. The van der Waals surface area contributed by atoms with Crippen LogP contribution in [0.5, 0.6) is 0 Å². The number of rotatable bonds is 8. The summed E-state index contributed by atoms with van der Waals surface area (Å²) >= 11 is 0. The third-order valence-electron chi connectivity index (χ3n) is 9.36. The molecule has 0 bridgehead atoms. The summed E-state index contributed by atoms with van der Waals surface area (Å²) in [6.45, 7) is 8.27. The number of carbonyl (C=O) groups excluding carboxylic acids is 3. The van der Waals surface area contributed by atoms with Gasteiger partial charge in [-0.2, -0.15) is 0 Å². The van der Waals surface area contributed by atoms with Crippen LogP contribution in [-0.2, 0) is 29.2 Å². The first kappa shape index (κ1) is 28.0. The van der Waals surface area contributed by atoms with Crippen molar-refractivity contribution in [2.75, 3.05) is 25.0 Å². The van der Waals surface area contributed by atoms with Crippen molar-refractivity contribution in [3.63, 3.8) is 0 Å². The average Bonchev–Trinajstić information content (AvgIpc) is 3.66. The number of fused-ring (bicyclic) bond motifs is 3. The second-order valence-electron chi connectivity index (χ2n) is 13.2. The van der Waals surface area contributed by atoms with Gasteiger partial charge in [-0.1, -0.05) is 13.8 Å². The summed E-state index contributed by atoms with van der Waals surface area (Å²) in [7, 11) is 0. The van der Waals surface area contributed by atoms with E-state index in [1.54, 1.807) is 6.07 Å². The van der Waals surface area contributed by atoms with Crippen molar-refractivity contribution in [2.24, 2.45) is 11.1 Å². The first-order valence-corrected chi connectivity index (χ1v) is 15.3. The number of Topliss-reactive ketones (excluding diaryl/α,β-unsaturated/α-hetero) is 1. The van der Waals surface area contributed by atoms with Crippen LogP contribution in [0.25, 0.3) is 5.69 Å². The molecule has 3 heterocycles. The molecule has 9 heteroatoms. The van der Waals surface area contributed by atoms with Gasteiger partial charge in [-0.3, -0.25) is 14.4 Å². The Kier molecular flexibility index (Phi) is 7.68. The summed E-state index contributed by atoms with van der Waals surface area (Å²) in [5, 5.41) is 6.85. The van der Waals surface area contributed by atoms with Gasteiger partial charge in [0.2, 0.25) is 5.91 Å². The van der Waals surface area contributed by atoms with Crippen molar-refractivity contribution in [2.45, 2.75) is 96.9 Å². The summed E-state index contributed by atoms with van der Waals surface area (Å²) < 4.78 is 7.96. The normalized spacial score (nSPS) is 23.7. The number of likely N-dealkylation sites (tertiary alicyclic amines) is 1. The highest BCUT2D eigenvalue weighted by molar-refractivity contribution is 6.01. The van der Waals surface area contributed by atoms with Gasteiger partial charge >= 0.3 is 0 Å². The molecule has 0 atom stereocenters. The summed E-state index contributed by atoms with van der Waals surface area (Å²) in [6, 6.07) is 6.07. The average molecular weight is 562 g/mol. The number of primary amides is 1. The molecule has 2 aliphatic carbocycles. The van der Waals surface area contributed by atoms with Crippen LogP contribution in [0.15, 0.2) is 18.2 Å². The monoisotopic (exact) mass is 561 g/mol. The minimum Gasteiger partial charge on any atom is -0.382 e. The third kappa shape index (κ3) is 5.79. The van der Waals surface area contributed by atoms with Crippen LogP contribution in [-0.4, -0.2) is 58.8 Å². The van der Waals surface area contributed by atoms with Gasteiger partial charge in [0.05, 0.1) is 24.5 Å². The van der Waals surface area contributed by atoms with Gasteiger partial charge in [0, 0.05) is 59.7 Å². The number of hydrogen-bond acceptors (Lipinski definition) is 6. The number of hydrogen-bond donors (Lipinski definition) is 3. The Morgan fingerprint density at radius 1 is 1.02 bits per heavy atom. The lowest BCUT2D eigenvalue weighted by Crippen LogP contribution is -2.41. The van der Waals surface area contributed by atoms with Gasteiger partial charge in [0.1, 0.15) is 0 Å². The van der Waals surface area contributed by atoms with Crippen LogP contribution >= 0.6 is 0 Å². The Morgan fingerprint density at radius 3 is 2.49 bits per heavy atom. The summed E-state index contributed by atoms with van der Waals surface area (Å²) in [6.07, 6.45) is 7.95. The summed E-state index contributed by atoms with van der Waals surface area (Å²) in [5.41, 5.74) is 11.6. The van der Waals surface area contributed by atoms with E-state index in [0.717, 1.165) is 79.9 Å². The lowest BCUT2D eigenvalue weighted by atomic mass is 9.75. The van der Waals surface area contributed by atoms with Crippen LogP contribution in [0.4, 0.5) is 5.69 Å². The van der Waals surface area contributed by atoms with E-state index in [-0.39, 0.29) is 29.2 Å². The molecule has 1 aromatic heterocycles. The lowest BCUT2D eigenvalue weighted by Gasteiger charge is -2.31. The largest absolute Gasteiger partial charge is 0.382 e. The maximum Gasteiger partial charge on any atom is 0.250 e. The highest BCUT2D eigenvalue weighted by Crippen LogP contribution is 2.42. The van der Waals surface area contributed by atoms with E-state index in [4.69, 9.17) is 10.5 Å². The Hall–Kier alpha value is -3.17. The predicted octanol–water partition coefficient (Wildman–Crippen LogP) is 4.09. The van der Waals surface area contributed by atoms with Gasteiger partial charge < -0.3 is 30.6 Å². The van der Waals surface area contributed by atoms with Crippen LogP contribution in [0.2, 0.25) is 0 Å². The number of ether oxygens (including phenoxy) is 1. The Bertz CT molecular complexity index is 1350. The fourth-order valence-electron chi connectivity index (χ4n) is 7.31. The van der Waals surface area contributed by atoms with Crippen LogP contribution in [0.3, 0.4) is 0 Å². The number of nitrogens with one attached hydrogen (secondary N) is 2. The third-order valence-corrected chi connectivity index (χ3v) is 9.36. The number of nitrogens with zero attached hydrogens (tertiary/aromatic N) is 2. The van der Waals surface area contributed by atoms with Crippen molar-refractivity contribution in [1.29, 1.82) is 0 Å². The topological polar surface area (TPSA) is 119 Å². The zero-order valence-corrected chi connectivity index (χ0v) is 24.4.